The number of rotatable bonds is 8. The van der Waals surface area contributed by atoms with E-state index >= 15 is 0 Å². The van der Waals surface area contributed by atoms with Crippen LogP contribution < -0.4 is 0 Å². The molecule has 1 fully saturated rings. The predicted octanol–water partition coefficient (Wildman–Crippen LogP) is 2.05. The summed E-state index contributed by atoms with van der Waals surface area (Å²) in [4.78, 5) is 15.2. The van der Waals surface area contributed by atoms with Gasteiger partial charge in [0, 0.05) is 12.5 Å². The molecule has 0 amide bonds. The summed E-state index contributed by atoms with van der Waals surface area (Å²) in [5.74, 6) is -0.679. The van der Waals surface area contributed by atoms with Gasteiger partial charge in [-0.2, -0.15) is 0 Å². The summed E-state index contributed by atoms with van der Waals surface area (Å²) in [6, 6.07) is 0.750. The molecule has 106 valence electrons. The van der Waals surface area contributed by atoms with Crippen molar-refractivity contribution in [3.05, 3.63) is 0 Å². The van der Waals surface area contributed by atoms with Crippen LogP contribution in [-0.4, -0.2) is 60.6 Å². The van der Waals surface area contributed by atoms with Crippen molar-refractivity contribution in [2.45, 2.75) is 51.0 Å². The van der Waals surface area contributed by atoms with E-state index in [1.54, 1.807) is 0 Å². The van der Waals surface area contributed by atoms with E-state index in [2.05, 4.69) is 23.9 Å². The van der Waals surface area contributed by atoms with Crippen LogP contribution >= 0.6 is 0 Å². The first-order valence-electron chi connectivity index (χ1n) is 7.20. The van der Waals surface area contributed by atoms with Gasteiger partial charge in [0.25, 0.3) is 0 Å². The lowest BCUT2D eigenvalue weighted by molar-refractivity contribution is -0.137. The average molecular weight is 256 g/mol. The number of piperidine rings is 1. The van der Waals surface area contributed by atoms with Crippen LogP contribution in [0, 0.1) is 0 Å². The Bertz CT molecular complexity index is 246. The fourth-order valence-corrected chi connectivity index (χ4v) is 2.65. The zero-order valence-electron chi connectivity index (χ0n) is 11.9. The van der Waals surface area contributed by atoms with Crippen LogP contribution in [0.3, 0.4) is 0 Å². The van der Waals surface area contributed by atoms with Crippen molar-refractivity contribution in [2.75, 3.05) is 33.7 Å². The molecule has 0 saturated carbocycles. The zero-order valence-corrected chi connectivity index (χ0v) is 11.9. The van der Waals surface area contributed by atoms with Gasteiger partial charge in [0.2, 0.25) is 0 Å². The van der Waals surface area contributed by atoms with Crippen molar-refractivity contribution >= 4 is 5.97 Å². The molecule has 4 heteroatoms. The summed E-state index contributed by atoms with van der Waals surface area (Å²) < 4.78 is 0. The van der Waals surface area contributed by atoms with Crippen LogP contribution in [-0.2, 0) is 4.79 Å². The smallest absolute Gasteiger partial charge is 0.303 e. The van der Waals surface area contributed by atoms with Gasteiger partial charge in [-0.05, 0) is 65.8 Å². The molecule has 1 atom stereocenters. The Kier molecular flexibility index (Phi) is 7.28. The van der Waals surface area contributed by atoms with Crippen LogP contribution in [0.5, 0.6) is 0 Å². The first-order chi connectivity index (χ1) is 8.59. The first-order valence-corrected chi connectivity index (χ1v) is 7.20. The van der Waals surface area contributed by atoms with Crippen molar-refractivity contribution in [1.29, 1.82) is 0 Å². The molecule has 0 aromatic heterocycles. The van der Waals surface area contributed by atoms with E-state index in [-0.39, 0.29) is 0 Å². The van der Waals surface area contributed by atoms with Gasteiger partial charge < -0.3 is 14.9 Å². The number of carbonyl (C=O) groups is 1. The summed E-state index contributed by atoms with van der Waals surface area (Å²) in [5, 5.41) is 8.56. The number of carboxylic acid groups (broad SMARTS) is 1. The Hall–Kier alpha value is -0.610. The third-order valence-electron chi connectivity index (χ3n) is 3.95. The second-order valence-electron chi connectivity index (χ2n) is 5.57. The van der Waals surface area contributed by atoms with E-state index < -0.39 is 5.97 Å². The van der Waals surface area contributed by atoms with Gasteiger partial charge in [-0.25, -0.2) is 0 Å². The molecular formula is C14H28N2O2. The second-order valence-corrected chi connectivity index (χ2v) is 5.57. The number of carboxylic acids is 1. The maximum Gasteiger partial charge on any atom is 0.303 e. The molecule has 1 N–H and O–H groups in total. The van der Waals surface area contributed by atoms with Crippen LogP contribution in [0.25, 0.3) is 0 Å². The van der Waals surface area contributed by atoms with Crippen molar-refractivity contribution in [1.82, 2.24) is 9.80 Å². The number of likely N-dealkylation sites (tertiary alicyclic amines) is 1. The standard InChI is InChI=1S/C14H28N2O2/c1-15(10-5-4-8-14(17)18)12-9-13-7-3-6-11-16(13)2/h13H,3-12H2,1-2H3,(H,17,18). The Morgan fingerprint density at radius 1 is 1.33 bits per heavy atom. The molecule has 1 aliphatic heterocycles. The van der Waals surface area contributed by atoms with E-state index in [0.717, 1.165) is 32.0 Å². The molecule has 4 nitrogen and oxygen atoms in total. The summed E-state index contributed by atoms with van der Waals surface area (Å²) in [5.41, 5.74) is 0. The van der Waals surface area contributed by atoms with Gasteiger partial charge in [-0.1, -0.05) is 6.42 Å². The molecular weight excluding hydrogens is 228 g/mol. The molecule has 1 heterocycles. The predicted molar refractivity (Wildman–Crippen MR) is 73.9 cm³/mol. The first kappa shape index (κ1) is 15.4. The molecule has 0 spiro atoms. The summed E-state index contributed by atoms with van der Waals surface area (Å²) in [6.45, 7) is 3.39. The number of hydrogen-bond acceptors (Lipinski definition) is 3. The maximum atomic E-state index is 10.4. The normalized spacial score (nSPS) is 21.4. The quantitative estimate of drug-likeness (QED) is 0.675. The molecule has 0 bridgehead atoms. The van der Waals surface area contributed by atoms with E-state index in [1.807, 2.05) is 0 Å². The van der Waals surface area contributed by atoms with Gasteiger partial charge in [0.15, 0.2) is 0 Å². The minimum absolute atomic E-state index is 0.305. The Balaban J connectivity index is 2.05. The Morgan fingerprint density at radius 3 is 2.78 bits per heavy atom. The summed E-state index contributed by atoms with van der Waals surface area (Å²) >= 11 is 0. The van der Waals surface area contributed by atoms with Crippen LogP contribution in [0.1, 0.15) is 44.9 Å². The van der Waals surface area contributed by atoms with Crippen LogP contribution in [0.4, 0.5) is 0 Å². The molecule has 1 unspecified atom stereocenters. The summed E-state index contributed by atoms with van der Waals surface area (Å²) in [6.07, 6.45) is 7.39. The third kappa shape index (κ3) is 6.36. The molecule has 1 saturated heterocycles. The van der Waals surface area contributed by atoms with Crippen molar-refractivity contribution in [2.24, 2.45) is 0 Å². The van der Waals surface area contributed by atoms with Crippen molar-refractivity contribution < 1.29 is 9.90 Å². The highest BCUT2D eigenvalue weighted by Gasteiger charge is 2.18. The van der Waals surface area contributed by atoms with Gasteiger partial charge >= 0.3 is 5.97 Å². The SMILES string of the molecule is CN(CCCCC(=O)O)CCC1CCCCN1C. The van der Waals surface area contributed by atoms with Gasteiger partial charge in [-0.3, -0.25) is 4.79 Å². The van der Waals surface area contributed by atoms with Gasteiger partial charge in [0.05, 0.1) is 0 Å². The zero-order chi connectivity index (χ0) is 13.4. The molecule has 0 radical (unpaired) electrons. The minimum Gasteiger partial charge on any atom is -0.481 e. The lowest BCUT2D eigenvalue weighted by atomic mass is 10.00. The molecule has 0 aliphatic carbocycles. The van der Waals surface area contributed by atoms with Crippen LogP contribution in [0.2, 0.25) is 0 Å². The molecule has 0 aromatic carbocycles. The van der Waals surface area contributed by atoms with Crippen molar-refractivity contribution in [3.63, 3.8) is 0 Å². The fraction of sp³-hybridized carbons (Fsp3) is 0.929. The summed E-state index contributed by atoms with van der Waals surface area (Å²) in [7, 11) is 4.38. The number of nitrogens with zero attached hydrogens (tertiary/aromatic N) is 2. The monoisotopic (exact) mass is 256 g/mol. The fourth-order valence-electron chi connectivity index (χ4n) is 2.65. The van der Waals surface area contributed by atoms with Gasteiger partial charge in [-0.15, -0.1) is 0 Å². The number of unbranched alkanes of at least 4 members (excludes halogenated alkanes) is 1. The maximum absolute atomic E-state index is 10.4. The molecule has 1 rings (SSSR count). The van der Waals surface area contributed by atoms with Gasteiger partial charge in [0.1, 0.15) is 0 Å². The third-order valence-corrected chi connectivity index (χ3v) is 3.95. The van der Waals surface area contributed by atoms with Crippen molar-refractivity contribution in [3.8, 4) is 0 Å². The second kappa shape index (κ2) is 8.48. The highest BCUT2D eigenvalue weighted by molar-refractivity contribution is 5.66. The number of hydrogen-bond donors (Lipinski definition) is 1. The number of aliphatic carboxylic acids is 1. The molecule has 18 heavy (non-hydrogen) atoms. The highest BCUT2D eigenvalue weighted by atomic mass is 16.4. The average Bonchev–Trinajstić information content (AvgIpc) is 2.33. The molecule has 1 aliphatic rings. The lowest BCUT2D eigenvalue weighted by Gasteiger charge is -2.33. The molecule has 0 aromatic rings. The van der Waals surface area contributed by atoms with E-state index in [1.165, 1.54) is 32.2 Å². The topological polar surface area (TPSA) is 43.8 Å². The minimum atomic E-state index is -0.679. The van der Waals surface area contributed by atoms with E-state index in [4.69, 9.17) is 5.11 Å². The van der Waals surface area contributed by atoms with Crippen LogP contribution in [0.15, 0.2) is 0 Å². The highest BCUT2D eigenvalue weighted by Crippen LogP contribution is 2.17. The largest absolute Gasteiger partial charge is 0.481 e. The Morgan fingerprint density at radius 2 is 2.11 bits per heavy atom. The lowest BCUT2D eigenvalue weighted by Crippen LogP contribution is -2.38. The van der Waals surface area contributed by atoms with E-state index in [0.29, 0.717) is 6.42 Å². The van der Waals surface area contributed by atoms with E-state index in [9.17, 15) is 4.79 Å². The Labute approximate surface area is 111 Å².